The van der Waals surface area contributed by atoms with Gasteiger partial charge in [-0.2, -0.15) is 0 Å². The zero-order valence-corrected chi connectivity index (χ0v) is 15.0. The van der Waals surface area contributed by atoms with Gasteiger partial charge in [-0.15, -0.1) is 11.3 Å². The number of nitrogens with one attached hydrogen (secondary N) is 1. The molecule has 1 fully saturated rings. The SMILES string of the molecule is CC1(C)CCCCC1NCc1csc(-c2ccc(C(=O)O)cc2)n1. The van der Waals surface area contributed by atoms with E-state index in [9.17, 15) is 4.79 Å². The van der Waals surface area contributed by atoms with Crippen LogP contribution in [0.4, 0.5) is 0 Å². The van der Waals surface area contributed by atoms with Crippen molar-refractivity contribution in [2.24, 2.45) is 5.41 Å². The first-order chi connectivity index (χ1) is 11.5. The van der Waals surface area contributed by atoms with Gasteiger partial charge >= 0.3 is 5.97 Å². The lowest BCUT2D eigenvalue weighted by Gasteiger charge is -2.39. The highest BCUT2D eigenvalue weighted by Gasteiger charge is 2.31. The molecule has 0 radical (unpaired) electrons. The molecular weight excluding hydrogens is 320 g/mol. The zero-order chi connectivity index (χ0) is 17.2. The molecule has 0 amide bonds. The van der Waals surface area contributed by atoms with Crippen molar-refractivity contribution in [3.63, 3.8) is 0 Å². The molecule has 0 bridgehead atoms. The van der Waals surface area contributed by atoms with E-state index in [4.69, 9.17) is 10.1 Å². The normalized spacial score (nSPS) is 20.0. The predicted octanol–water partition coefficient (Wildman–Crippen LogP) is 4.57. The Labute approximate surface area is 146 Å². The van der Waals surface area contributed by atoms with Gasteiger partial charge in [0.25, 0.3) is 0 Å². The third kappa shape index (κ3) is 3.84. The van der Waals surface area contributed by atoms with Crippen molar-refractivity contribution in [1.29, 1.82) is 0 Å². The summed E-state index contributed by atoms with van der Waals surface area (Å²) in [6.07, 6.45) is 5.15. The minimum atomic E-state index is -0.902. The number of carboxylic acid groups (broad SMARTS) is 1. The van der Waals surface area contributed by atoms with Crippen LogP contribution in [0.3, 0.4) is 0 Å². The van der Waals surface area contributed by atoms with E-state index in [-0.39, 0.29) is 0 Å². The average Bonchev–Trinajstić information content (AvgIpc) is 3.02. The Bertz CT molecular complexity index is 706. The number of aromatic nitrogens is 1. The Morgan fingerprint density at radius 1 is 1.33 bits per heavy atom. The Kier molecular flexibility index (Phi) is 5.01. The summed E-state index contributed by atoms with van der Waals surface area (Å²) in [5, 5.41) is 15.7. The van der Waals surface area contributed by atoms with E-state index in [0.29, 0.717) is 17.0 Å². The molecule has 1 atom stereocenters. The number of rotatable bonds is 5. The van der Waals surface area contributed by atoms with Crippen LogP contribution in [0.1, 0.15) is 55.6 Å². The van der Waals surface area contributed by atoms with Gasteiger partial charge in [0, 0.05) is 23.5 Å². The van der Waals surface area contributed by atoms with Crippen LogP contribution in [-0.4, -0.2) is 22.1 Å². The van der Waals surface area contributed by atoms with Crippen molar-refractivity contribution < 1.29 is 9.90 Å². The van der Waals surface area contributed by atoms with Gasteiger partial charge in [-0.05, 0) is 30.4 Å². The molecule has 2 N–H and O–H groups in total. The molecule has 1 aromatic heterocycles. The van der Waals surface area contributed by atoms with Crippen molar-refractivity contribution in [2.75, 3.05) is 0 Å². The fourth-order valence-electron chi connectivity index (χ4n) is 3.38. The van der Waals surface area contributed by atoms with Crippen molar-refractivity contribution in [1.82, 2.24) is 10.3 Å². The van der Waals surface area contributed by atoms with Crippen molar-refractivity contribution in [2.45, 2.75) is 52.1 Å². The summed E-state index contributed by atoms with van der Waals surface area (Å²) >= 11 is 1.60. The number of benzene rings is 1. The molecule has 1 aliphatic rings. The molecule has 1 saturated carbocycles. The first-order valence-electron chi connectivity index (χ1n) is 8.47. The standard InChI is InChI=1S/C19H24N2O2S/c1-19(2)10-4-3-5-16(19)20-11-15-12-24-17(21-15)13-6-8-14(9-7-13)18(22)23/h6-9,12,16,20H,3-5,10-11H2,1-2H3,(H,22,23). The molecule has 1 heterocycles. The monoisotopic (exact) mass is 344 g/mol. The molecule has 128 valence electrons. The smallest absolute Gasteiger partial charge is 0.335 e. The minimum absolute atomic E-state index is 0.303. The van der Waals surface area contributed by atoms with Gasteiger partial charge in [0.2, 0.25) is 0 Å². The van der Waals surface area contributed by atoms with Gasteiger partial charge < -0.3 is 10.4 Å². The van der Waals surface area contributed by atoms with Crippen molar-refractivity contribution in [3.05, 3.63) is 40.9 Å². The van der Waals surface area contributed by atoms with Crippen molar-refractivity contribution in [3.8, 4) is 10.6 Å². The summed E-state index contributed by atoms with van der Waals surface area (Å²) in [5.74, 6) is -0.902. The first kappa shape index (κ1) is 17.1. The molecule has 4 nitrogen and oxygen atoms in total. The van der Waals surface area contributed by atoms with E-state index in [1.165, 1.54) is 25.7 Å². The molecule has 1 aliphatic carbocycles. The second-order valence-corrected chi connectivity index (χ2v) is 8.05. The third-order valence-corrected chi connectivity index (χ3v) is 5.91. The third-order valence-electron chi connectivity index (χ3n) is 4.97. The maximum absolute atomic E-state index is 10.9. The first-order valence-corrected chi connectivity index (χ1v) is 9.35. The fourth-order valence-corrected chi connectivity index (χ4v) is 4.20. The summed E-state index contributed by atoms with van der Waals surface area (Å²) in [6.45, 7) is 5.48. The fraction of sp³-hybridized carbons (Fsp3) is 0.474. The molecule has 2 aromatic rings. The van der Waals surface area contributed by atoms with Gasteiger partial charge in [-0.3, -0.25) is 0 Å². The summed E-state index contributed by atoms with van der Waals surface area (Å²) < 4.78 is 0. The molecular formula is C19H24N2O2S. The second kappa shape index (κ2) is 7.03. The summed E-state index contributed by atoms with van der Waals surface area (Å²) in [7, 11) is 0. The number of hydrogen-bond donors (Lipinski definition) is 2. The molecule has 0 aliphatic heterocycles. The summed E-state index contributed by atoms with van der Waals surface area (Å²) in [4.78, 5) is 15.6. The van der Waals surface area contributed by atoms with Crippen molar-refractivity contribution >= 4 is 17.3 Å². The molecule has 24 heavy (non-hydrogen) atoms. The highest BCUT2D eigenvalue weighted by Crippen LogP contribution is 2.35. The molecule has 3 rings (SSSR count). The van der Waals surface area contributed by atoms with Crippen LogP contribution < -0.4 is 5.32 Å². The van der Waals surface area contributed by atoms with E-state index >= 15 is 0 Å². The van der Waals surface area contributed by atoms with Gasteiger partial charge in [-0.1, -0.05) is 38.8 Å². The maximum atomic E-state index is 10.9. The molecule has 1 unspecified atom stereocenters. The average molecular weight is 344 g/mol. The summed E-state index contributed by atoms with van der Waals surface area (Å²) in [6, 6.07) is 7.45. The van der Waals surface area contributed by atoms with Crippen LogP contribution in [0.25, 0.3) is 10.6 Å². The number of hydrogen-bond acceptors (Lipinski definition) is 4. The highest BCUT2D eigenvalue weighted by molar-refractivity contribution is 7.13. The predicted molar refractivity (Wildman–Crippen MR) is 97.4 cm³/mol. The number of thiazole rings is 1. The van der Waals surface area contributed by atoms with Crippen LogP contribution in [0.15, 0.2) is 29.6 Å². The van der Waals surface area contributed by atoms with Crippen LogP contribution in [0.2, 0.25) is 0 Å². The van der Waals surface area contributed by atoms with Crippen LogP contribution in [-0.2, 0) is 6.54 Å². The van der Waals surface area contributed by atoms with E-state index in [1.807, 2.05) is 12.1 Å². The van der Waals surface area contributed by atoms with Crippen LogP contribution >= 0.6 is 11.3 Å². The number of carbonyl (C=O) groups is 1. The van der Waals surface area contributed by atoms with Gasteiger partial charge in [-0.25, -0.2) is 9.78 Å². The lowest BCUT2D eigenvalue weighted by atomic mass is 9.73. The largest absolute Gasteiger partial charge is 0.478 e. The van der Waals surface area contributed by atoms with E-state index in [1.54, 1.807) is 23.5 Å². The highest BCUT2D eigenvalue weighted by atomic mass is 32.1. The molecule has 1 aromatic carbocycles. The van der Waals surface area contributed by atoms with E-state index in [0.717, 1.165) is 22.8 Å². The second-order valence-electron chi connectivity index (χ2n) is 7.19. The quantitative estimate of drug-likeness (QED) is 0.834. The van der Waals surface area contributed by atoms with E-state index in [2.05, 4.69) is 24.5 Å². The van der Waals surface area contributed by atoms with Crippen LogP contribution in [0.5, 0.6) is 0 Å². The number of aromatic carboxylic acids is 1. The Morgan fingerprint density at radius 3 is 2.75 bits per heavy atom. The topological polar surface area (TPSA) is 62.2 Å². The zero-order valence-electron chi connectivity index (χ0n) is 14.2. The molecule has 0 spiro atoms. The Hall–Kier alpha value is -1.72. The number of nitrogens with zero attached hydrogens (tertiary/aromatic N) is 1. The molecule has 5 heteroatoms. The van der Waals surface area contributed by atoms with Gasteiger partial charge in [0.15, 0.2) is 0 Å². The maximum Gasteiger partial charge on any atom is 0.335 e. The Morgan fingerprint density at radius 2 is 2.08 bits per heavy atom. The minimum Gasteiger partial charge on any atom is -0.478 e. The van der Waals surface area contributed by atoms with Gasteiger partial charge in [0.05, 0.1) is 11.3 Å². The lowest BCUT2D eigenvalue weighted by Crippen LogP contribution is -2.43. The lowest BCUT2D eigenvalue weighted by molar-refractivity contribution is 0.0697. The van der Waals surface area contributed by atoms with E-state index < -0.39 is 5.97 Å². The number of carboxylic acids is 1. The molecule has 0 saturated heterocycles. The Balaban J connectivity index is 1.64. The summed E-state index contributed by atoms with van der Waals surface area (Å²) in [5.41, 5.74) is 2.67. The van der Waals surface area contributed by atoms with Crippen LogP contribution in [0, 0.1) is 5.41 Å². The van der Waals surface area contributed by atoms with Gasteiger partial charge in [0.1, 0.15) is 5.01 Å².